The molecule has 0 aliphatic carbocycles. The van der Waals surface area contributed by atoms with Gasteiger partial charge in [-0.1, -0.05) is 39.7 Å². The Kier molecular flexibility index (Phi) is 3.64. The van der Waals surface area contributed by atoms with Gasteiger partial charge in [-0.2, -0.15) is 5.10 Å². The van der Waals surface area contributed by atoms with Crippen LogP contribution in [0.1, 0.15) is 21.6 Å². The van der Waals surface area contributed by atoms with Crippen molar-refractivity contribution < 1.29 is 4.79 Å². The Balaban J connectivity index is 2.30. The van der Waals surface area contributed by atoms with E-state index in [1.165, 1.54) is 0 Å². The minimum atomic E-state index is 0.389. The Labute approximate surface area is 113 Å². The fourth-order valence-corrected chi connectivity index (χ4v) is 2.11. The largest absolute Gasteiger partial charge is 0.298 e. The number of carbonyl (C=O) groups excluding carboxylic acids is 1. The molecule has 1 aromatic heterocycles. The van der Waals surface area contributed by atoms with Gasteiger partial charge in [0.05, 0.1) is 17.8 Å². The zero-order chi connectivity index (χ0) is 12.4. The van der Waals surface area contributed by atoms with Gasteiger partial charge >= 0.3 is 0 Å². The van der Waals surface area contributed by atoms with Gasteiger partial charge in [-0.3, -0.25) is 4.79 Å². The summed E-state index contributed by atoms with van der Waals surface area (Å²) >= 11 is 9.45. The van der Waals surface area contributed by atoms with Crippen LogP contribution in [0.2, 0.25) is 5.15 Å². The van der Waals surface area contributed by atoms with E-state index >= 15 is 0 Å². The van der Waals surface area contributed by atoms with Gasteiger partial charge in [0, 0.05) is 4.47 Å². The van der Waals surface area contributed by atoms with Gasteiger partial charge in [-0.25, -0.2) is 4.68 Å². The summed E-state index contributed by atoms with van der Waals surface area (Å²) in [5, 5.41) is 4.63. The van der Waals surface area contributed by atoms with E-state index in [2.05, 4.69) is 21.0 Å². The number of carbonyl (C=O) groups is 1. The van der Waals surface area contributed by atoms with E-state index < -0.39 is 0 Å². The van der Waals surface area contributed by atoms with Crippen molar-refractivity contribution in [2.24, 2.45) is 0 Å². The molecule has 0 saturated carbocycles. The molecule has 1 heterocycles. The second-order valence-electron chi connectivity index (χ2n) is 3.69. The minimum absolute atomic E-state index is 0.389. The zero-order valence-electron chi connectivity index (χ0n) is 9.15. The van der Waals surface area contributed by atoms with Crippen LogP contribution < -0.4 is 0 Å². The summed E-state index contributed by atoms with van der Waals surface area (Å²) in [5.41, 5.74) is 2.20. The molecule has 2 rings (SSSR count). The molecule has 0 fully saturated rings. The number of hydrogen-bond acceptors (Lipinski definition) is 2. The Morgan fingerprint density at radius 2 is 2.06 bits per heavy atom. The molecule has 0 bridgehead atoms. The molecule has 0 N–H and O–H groups in total. The Hall–Kier alpha value is -1.13. The number of aryl methyl sites for hydroxylation is 1. The lowest BCUT2D eigenvalue weighted by atomic mass is 10.2. The topological polar surface area (TPSA) is 34.9 Å². The molecule has 0 amide bonds. The van der Waals surface area contributed by atoms with Crippen LogP contribution in [0.15, 0.2) is 28.7 Å². The average molecular weight is 314 g/mol. The standard InChI is InChI=1S/C12H10BrClN2O/c1-8-11(7-17)12(14)16(15-8)6-9-2-4-10(13)5-3-9/h2-5,7H,6H2,1H3. The van der Waals surface area contributed by atoms with Gasteiger partial charge in [-0.15, -0.1) is 0 Å². The third-order valence-corrected chi connectivity index (χ3v) is 3.40. The molecule has 0 unspecified atom stereocenters. The molecule has 5 heteroatoms. The minimum Gasteiger partial charge on any atom is -0.298 e. The van der Waals surface area contributed by atoms with Gasteiger partial charge in [0.25, 0.3) is 0 Å². The first kappa shape index (κ1) is 12.3. The molecule has 2 aromatic rings. The summed E-state index contributed by atoms with van der Waals surface area (Å²) in [7, 11) is 0. The average Bonchev–Trinajstić information content (AvgIpc) is 2.57. The quantitative estimate of drug-likeness (QED) is 0.813. The Morgan fingerprint density at radius 3 is 2.59 bits per heavy atom. The zero-order valence-corrected chi connectivity index (χ0v) is 11.5. The van der Waals surface area contributed by atoms with Crippen LogP contribution in [-0.4, -0.2) is 16.1 Å². The van der Waals surface area contributed by atoms with Crippen LogP contribution >= 0.6 is 27.5 Å². The Bertz CT molecular complexity index is 548. The number of nitrogens with zero attached hydrogens (tertiary/aromatic N) is 2. The number of aldehydes is 1. The molecule has 0 aliphatic rings. The van der Waals surface area contributed by atoms with Crippen molar-refractivity contribution in [1.29, 1.82) is 0 Å². The lowest BCUT2D eigenvalue weighted by Crippen LogP contribution is -2.01. The number of rotatable bonds is 3. The Morgan fingerprint density at radius 1 is 1.41 bits per heavy atom. The lowest BCUT2D eigenvalue weighted by Gasteiger charge is -2.03. The third-order valence-electron chi connectivity index (χ3n) is 2.47. The molecule has 1 aromatic carbocycles. The van der Waals surface area contributed by atoms with E-state index in [9.17, 15) is 4.79 Å². The second-order valence-corrected chi connectivity index (χ2v) is 4.97. The highest BCUT2D eigenvalue weighted by Gasteiger charge is 2.12. The highest BCUT2D eigenvalue weighted by molar-refractivity contribution is 9.10. The van der Waals surface area contributed by atoms with Crippen molar-refractivity contribution in [3.63, 3.8) is 0 Å². The van der Waals surface area contributed by atoms with E-state index in [1.54, 1.807) is 11.6 Å². The van der Waals surface area contributed by atoms with E-state index in [4.69, 9.17) is 11.6 Å². The maximum Gasteiger partial charge on any atom is 0.155 e. The predicted octanol–water partition coefficient (Wildman–Crippen LogP) is 3.47. The highest BCUT2D eigenvalue weighted by atomic mass is 79.9. The maximum absolute atomic E-state index is 10.8. The number of benzene rings is 1. The lowest BCUT2D eigenvalue weighted by molar-refractivity contribution is 0.112. The van der Waals surface area contributed by atoms with E-state index in [0.29, 0.717) is 23.0 Å². The van der Waals surface area contributed by atoms with Gasteiger partial charge in [-0.05, 0) is 24.6 Å². The van der Waals surface area contributed by atoms with Gasteiger partial charge in [0.1, 0.15) is 5.15 Å². The summed E-state index contributed by atoms with van der Waals surface area (Å²) in [6, 6.07) is 7.89. The van der Waals surface area contributed by atoms with Gasteiger partial charge in [0.2, 0.25) is 0 Å². The molecule has 88 valence electrons. The predicted molar refractivity (Wildman–Crippen MR) is 70.6 cm³/mol. The molecule has 0 atom stereocenters. The van der Waals surface area contributed by atoms with Crippen LogP contribution in [0.3, 0.4) is 0 Å². The molecule has 0 aliphatic heterocycles. The van der Waals surface area contributed by atoms with Crippen molar-refractivity contribution in [2.45, 2.75) is 13.5 Å². The first-order chi connectivity index (χ1) is 8.11. The summed E-state index contributed by atoms with van der Waals surface area (Å²) in [6.45, 7) is 2.33. The van der Waals surface area contributed by atoms with Crippen LogP contribution in [0, 0.1) is 6.92 Å². The fraction of sp³-hybridized carbons (Fsp3) is 0.167. The van der Waals surface area contributed by atoms with Crippen molar-refractivity contribution >= 4 is 33.8 Å². The van der Waals surface area contributed by atoms with Crippen LogP contribution in [-0.2, 0) is 6.54 Å². The molecule has 17 heavy (non-hydrogen) atoms. The fourth-order valence-electron chi connectivity index (χ4n) is 1.57. The SMILES string of the molecule is Cc1nn(Cc2ccc(Br)cc2)c(Cl)c1C=O. The molecular formula is C12H10BrClN2O. The van der Waals surface area contributed by atoms with Gasteiger partial charge in [0.15, 0.2) is 6.29 Å². The molecule has 0 spiro atoms. The maximum atomic E-state index is 10.8. The van der Waals surface area contributed by atoms with Crippen LogP contribution in [0.25, 0.3) is 0 Å². The smallest absolute Gasteiger partial charge is 0.155 e. The molecule has 0 radical (unpaired) electrons. The molecular weight excluding hydrogens is 304 g/mol. The number of aromatic nitrogens is 2. The third kappa shape index (κ3) is 2.58. The van der Waals surface area contributed by atoms with Crippen LogP contribution in [0.4, 0.5) is 0 Å². The van der Waals surface area contributed by atoms with E-state index in [-0.39, 0.29) is 0 Å². The molecule has 0 saturated heterocycles. The first-order valence-electron chi connectivity index (χ1n) is 5.04. The van der Waals surface area contributed by atoms with E-state index in [0.717, 1.165) is 16.3 Å². The summed E-state index contributed by atoms with van der Waals surface area (Å²) in [4.78, 5) is 10.8. The summed E-state index contributed by atoms with van der Waals surface area (Å²) in [6.07, 6.45) is 0.739. The van der Waals surface area contributed by atoms with Crippen LogP contribution in [0.5, 0.6) is 0 Å². The second kappa shape index (κ2) is 5.02. The number of halogens is 2. The highest BCUT2D eigenvalue weighted by Crippen LogP contribution is 2.19. The van der Waals surface area contributed by atoms with E-state index in [1.807, 2.05) is 24.3 Å². The van der Waals surface area contributed by atoms with Crippen molar-refractivity contribution in [3.05, 3.63) is 50.7 Å². The van der Waals surface area contributed by atoms with Crippen molar-refractivity contribution in [2.75, 3.05) is 0 Å². The first-order valence-corrected chi connectivity index (χ1v) is 6.21. The van der Waals surface area contributed by atoms with Crippen molar-refractivity contribution in [1.82, 2.24) is 9.78 Å². The summed E-state index contributed by atoms with van der Waals surface area (Å²) in [5.74, 6) is 0. The normalized spacial score (nSPS) is 10.5. The van der Waals surface area contributed by atoms with Crippen molar-refractivity contribution in [3.8, 4) is 0 Å². The monoisotopic (exact) mass is 312 g/mol. The van der Waals surface area contributed by atoms with Gasteiger partial charge < -0.3 is 0 Å². The summed E-state index contributed by atoms with van der Waals surface area (Å²) < 4.78 is 2.65. The number of hydrogen-bond donors (Lipinski definition) is 0. The molecule has 3 nitrogen and oxygen atoms in total.